The van der Waals surface area contributed by atoms with Crippen LogP contribution < -0.4 is 16.0 Å². The van der Waals surface area contributed by atoms with Gasteiger partial charge in [0.25, 0.3) is 0 Å². The number of nitrogens with zero attached hydrogens (tertiary/aromatic N) is 1. The standard InChI is InChI=1S/C15H23N3OS/c1-20-10-7-14(16)15(19)17-12-5-4-6-13(11-12)18-8-2-3-9-18/h4-6,11,14H,2-3,7-10,16H2,1H3,(H,17,19)/t14-/m1/s1. The Morgan fingerprint density at radius 1 is 1.45 bits per heavy atom. The Morgan fingerprint density at radius 3 is 2.90 bits per heavy atom. The molecule has 20 heavy (non-hydrogen) atoms. The van der Waals surface area contributed by atoms with Crippen LogP contribution in [0.3, 0.4) is 0 Å². The van der Waals surface area contributed by atoms with Crippen molar-refractivity contribution in [2.24, 2.45) is 5.73 Å². The van der Waals surface area contributed by atoms with Crippen LogP contribution in [0.5, 0.6) is 0 Å². The number of carbonyl (C=O) groups excluding carboxylic acids is 1. The van der Waals surface area contributed by atoms with Crippen molar-refractivity contribution in [2.75, 3.05) is 35.3 Å². The molecular formula is C15H23N3OS. The van der Waals surface area contributed by atoms with Crippen LogP contribution in [0.25, 0.3) is 0 Å². The lowest BCUT2D eigenvalue weighted by Gasteiger charge is -2.19. The molecule has 1 fully saturated rings. The van der Waals surface area contributed by atoms with Crippen molar-refractivity contribution in [3.05, 3.63) is 24.3 Å². The highest BCUT2D eigenvalue weighted by molar-refractivity contribution is 7.98. The predicted octanol–water partition coefficient (Wildman–Crippen LogP) is 2.31. The van der Waals surface area contributed by atoms with E-state index in [0.717, 1.165) is 24.5 Å². The summed E-state index contributed by atoms with van der Waals surface area (Å²) in [4.78, 5) is 14.3. The second-order valence-electron chi connectivity index (χ2n) is 5.12. The molecule has 1 aliphatic rings. The smallest absolute Gasteiger partial charge is 0.241 e. The summed E-state index contributed by atoms with van der Waals surface area (Å²) in [6.07, 6.45) is 5.22. The molecule has 0 saturated carbocycles. The van der Waals surface area contributed by atoms with E-state index in [-0.39, 0.29) is 5.91 Å². The molecule has 110 valence electrons. The molecule has 1 amide bonds. The summed E-state index contributed by atoms with van der Waals surface area (Å²) in [7, 11) is 0. The highest BCUT2D eigenvalue weighted by Crippen LogP contribution is 2.23. The first-order chi connectivity index (χ1) is 9.70. The van der Waals surface area contributed by atoms with E-state index in [1.807, 2.05) is 24.5 Å². The summed E-state index contributed by atoms with van der Waals surface area (Å²) in [6, 6.07) is 7.59. The Labute approximate surface area is 125 Å². The molecule has 3 N–H and O–H groups in total. The van der Waals surface area contributed by atoms with Gasteiger partial charge >= 0.3 is 0 Å². The zero-order valence-electron chi connectivity index (χ0n) is 12.0. The van der Waals surface area contributed by atoms with Crippen LogP contribution >= 0.6 is 11.8 Å². The molecule has 1 aliphatic heterocycles. The van der Waals surface area contributed by atoms with Crippen LogP contribution in [0.2, 0.25) is 0 Å². The van der Waals surface area contributed by atoms with Crippen LogP contribution in [-0.4, -0.2) is 37.0 Å². The molecule has 1 heterocycles. The van der Waals surface area contributed by atoms with E-state index in [0.29, 0.717) is 6.42 Å². The van der Waals surface area contributed by atoms with E-state index < -0.39 is 6.04 Å². The number of amides is 1. The van der Waals surface area contributed by atoms with E-state index in [1.165, 1.54) is 18.5 Å². The number of nitrogens with two attached hydrogens (primary N) is 1. The van der Waals surface area contributed by atoms with Crippen molar-refractivity contribution in [3.63, 3.8) is 0 Å². The molecule has 0 bridgehead atoms. The molecule has 0 aromatic heterocycles. The van der Waals surface area contributed by atoms with Gasteiger partial charge in [0.15, 0.2) is 0 Å². The Hall–Kier alpha value is -1.20. The van der Waals surface area contributed by atoms with Gasteiger partial charge in [0.1, 0.15) is 0 Å². The average Bonchev–Trinajstić information content (AvgIpc) is 2.99. The average molecular weight is 293 g/mol. The van der Waals surface area contributed by atoms with Crippen molar-refractivity contribution < 1.29 is 4.79 Å². The van der Waals surface area contributed by atoms with Crippen molar-refractivity contribution in [1.82, 2.24) is 0 Å². The topological polar surface area (TPSA) is 58.4 Å². The lowest BCUT2D eigenvalue weighted by Crippen LogP contribution is -2.36. The second kappa shape index (κ2) is 7.55. The first kappa shape index (κ1) is 15.2. The third kappa shape index (κ3) is 4.15. The fourth-order valence-corrected chi connectivity index (χ4v) is 2.86. The van der Waals surface area contributed by atoms with Crippen molar-refractivity contribution >= 4 is 29.0 Å². The van der Waals surface area contributed by atoms with Crippen LogP contribution in [0.4, 0.5) is 11.4 Å². The zero-order valence-corrected chi connectivity index (χ0v) is 12.8. The van der Waals surface area contributed by atoms with E-state index in [9.17, 15) is 4.79 Å². The quantitative estimate of drug-likeness (QED) is 0.845. The molecular weight excluding hydrogens is 270 g/mol. The fourth-order valence-electron chi connectivity index (χ4n) is 2.37. The minimum Gasteiger partial charge on any atom is -0.371 e. The van der Waals surface area contributed by atoms with E-state index >= 15 is 0 Å². The van der Waals surface area contributed by atoms with Crippen molar-refractivity contribution in [1.29, 1.82) is 0 Å². The maximum atomic E-state index is 12.0. The van der Waals surface area contributed by atoms with Crippen LogP contribution in [-0.2, 0) is 4.79 Å². The molecule has 0 aliphatic carbocycles. The van der Waals surface area contributed by atoms with Gasteiger partial charge in [-0.15, -0.1) is 0 Å². The van der Waals surface area contributed by atoms with Gasteiger partial charge in [0.05, 0.1) is 6.04 Å². The highest BCUT2D eigenvalue weighted by atomic mass is 32.2. The minimum absolute atomic E-state index is 0.0994. The SMILES string of the molecule is CSCC[C@@H](N)C(=O)Nc1cccc(N2CCCC2)c1. The first-order valence-electron chi connectivity index (χ1n) is 7.11. The zero-order chi connectivity index (χ0) is 14.4. The molecule has 0 unspecified atom stereocenters. The van der Waals surface area contributed by atoms with Gasteiger partial charge in [-0.25, -0.2) is 0 Å². The number of hydrogen-bond donors (Lipinski definition) is 2. The van der Waals surface area contributed by atoms with Crippen LogP contribution in [0.1, 0.15) is 19.3 Å². The molecule has 1 atom stereocenters. The largest absolute Gasteiger partial charge is 0.371 e. The van der Waals surface area contributed by atoms with Gasteiger partial charge in [-0.1, -0.05) is 6.07 Å². The van der Waals surface area contributed by atoms with Crippen molar-refractivity contribution in [2.45, 2.75) is 25.3 Å². The highest BCUT2D eigenvalue weighted by Gasteiger charge is 2.15. The third-order valence-electron chi connectivity index (χ3n) is 3.55. The lowest BCUT2D eigenvalue weighted by molar-refractivity contribution is -0.117. The molecule has 4 nitrogen and oxygen atoms in total. The second-order valence-corrected chi connectivity index (χ2v) is 6.11. The first-order valence-corrected chi connectivity index (χ1v) is 8.50. The Morgan fingerprint density at radius 2 is 2.20 bits per heavy atom. The van der Waals surface area contributed by atoms with E-state index in [2.05, 4.69) is 16.3 Å². The summed E-state index contributed by atoms with van der Waals surface area (Å²) < 4.78 is 0. The maximum Gasteiger partial charge on any atom is 0.241 e. The molecule has 1 saturated heterocycles. The lowest BCUT2D eigenvalue weighted by atomic mass is 10.2. The van der Waals surface area contributed by atoms with Gasteiger partial charge in [-0.3, -0.25) is 4.79 Å². The van der Waals surface area contributed by atoms with Crippen molar-refractivity contribution in [3.8, 4) is 0 Å². The number of benzene rings is 1. The fraction of sp³-hybridized carbons (Fsp3) is 0.533. The summed E-state index contributed by atoms with van der Waals surface area (Å²) >= 11 is 1.71. The van der Waals surface area contributed by atoms with Crippen LogP contribution in [0.15, 0.2) is 24.3 Å². The van der Waals surface area contributed by atoms with Gasteiger partial charge in [0.2, 0.25) is 5.91 Å². The third-order valence-corrected chi connectivity index (χ3v) is 4.20. The number of rotatable bonds is 6. The maximum absolute atomic E-state index is 12.0. The normalized spacial score (nSPS) is 16.2. The number of thioether (sulfide) groups is 1. The summed E-state index contributed by atoms with van der Waals surface area (Å²) in [5.41, 5.74) is 7.89. The number of carbonyl (C=O) groups is 1. The molecule has 1 aromatic carbocycles. The molecule has 2 rings (SSSR count). The summed E-state index contributed by atoms with van der Waals surface area (Å²) in [6.45, 7) is 2.20. The van der Waals surface area contributed by atoms with Gasteiger partial charge in [-0.2, -0.15) is 11.8 Å². The Kier molecular flexibility index (Phi) is 5.73. The molecule has 5 heteroatoms. The van der Waals surface area contributed by atoms with Gasteiger partial charge in [0, 0.05) is 24.5 Å². The van der Waals surface area contributed by atoms with Gasteiger partial charge in [-0.05, 0) is 49.5 Å². The van der Waals surface area contributed by atoms with Gasteiger partial charge < -0.3 is 16.0 Å². The predicted molar refractivity (Wildman–Crippen MR) is 87.5 cm³/mol. The van der Waals surface area contributed by atoms with E-state index in [1.54, 1.807) is 11.8 Å². The number of anilines is 2. The summed E-state index contributed by atoms with van der Waals surface area (Å²) in [5, 5.41) is 2.91. The molecule has 1 aromatic rings. The van der Waals surface area contributed by atoms with E-state index in [4.69, 9.17) is 5.73 Å². The van der Waals surface area contributed by atoms with Crippen LogP contribution in [0, 0.1) is 0 Å². The molecule has 0 radical (unpaired) electrons. The summed E-state index contributed by atoms with van der Waals surface area (Å²) in [5.74, 6) is 0.806. The Bertz CT molecular complexity index is 446. The number of hydrogen-bond acceptors (Lipinski definition) is 4. The molecule has 0 spiro atoms. The monoisotopic (exact) mass is 293 g/mol. The minimum atomic E-state index is -0.433. The Balaban J connectivity index is 1.95. The number of nitrogens with one attached hydrogen (secondary N) is 1.